The van der Waals surface area contributed by atoms with Gasteiger partial charge in [0.2, 0.25) is 17.7 Å². The Bertz CT molecular complexity index is 627. The molecule has 162 valence electrons. The van der Waals surface area contributed by atoms with E-state index < -0.39 is 29.7 Å². The van der Waals surface area contributed by atoms with Gasteiger partial charge in [0.15, 0.2) is 0 Å². The van der Waals surface area contributed by atoms with Gasteiger partial charge in [-0.25, -0.2) is 0 Å². The lowest BCUT2D eigenvalue weighted by Crippen LogP contribution is -2.48. The summed E-state index contributed by atoms with van der Waals surface area (Å²) in [5.74, 6) is -2.34. The van der Waals surface area contributed by atoms with Crippen LogP contribution in [0.4, 0.5) is 0 Å². The van der Waals surface area contributed by atoms with Crippen LogP contribution in [0.25, 0.3) is 0 Å². The van der Waals surface area contributed by atoms with Gasteiger partial charge in [0.25, 0.3) is 11.8 Å². The molecule has 1 aliphatic heterocycles. The summed E-state index contributed by atoms with van der Waals surface area (Å²) in [7, 11) is 0. The number of amides is 5. The molecule has 0 aromatic heterocycles. The summed E-state index contributed by atoms with van der Waals surface area (Å²) in [6.07, 6.45) is 2.11. The molecule has 0 aromatic carbocycles. The van der Waals surface area contributed by atoms with Gasteiger partial charge >= 0.3 is 0 Å². The van der Waals surface area contributed by atoms with Crippen molar-refractivity contribution in [1.29, 1.82) is 0 Å². The number of rotatable bonds is 14. The number of nitrogens with one attached hydrogen (secondary N) is 3. The second-order valence-electron chi connectivity index (χ2n) is 5.88. The van der Waals surface area contributed by atoms with E-state index in [0.717, 1.165) is 17.1 Å². The van der Waals surface area contributed by atoms with Crippen LogP contribution in [0.15, 0.2) is 12.2 Å². The first-order valence-corrected chi connectivity index (χ1v) is 9.52. The molecule has 1 rings (SSSR count). The number of thiol groups is 2. The van der Waals surface area contributed by atoms with Gasteiger partial charge in [-0.3, -0.25) is 28.9 Å². The topological polar surface area (TPSA) is 143 Å². The van der Waals surface area contributed by atoms with Crippen LogP contribution in [0.2, 0.25) is 0 Å². The van der Waals surface area contributed by atoms with Crippen LogP contribution < -0.4 is 16.0 Å². The van der Waals surface area contributed by atoms with E-state index in [1.54, 1.807) is 0 Å². The van der Waals surface area contributed by atoms with Gasteiger partial charge < -0.3 is 24.3 Å². The van der Waals surface area contributed by atoms with Crippen molar-refractivity contribution in [3.8, 4) is 0 Å². The van der Waals surface area contributed by atoms with Crippen LogP contribution in [0.1, 0.15) is 19.3 Å². The fourth-order valence-electron chi connectivity index (χ4n) is 2.34. The third-order valence-corrected chi connectivity index (χ3v) is 4.15. The minimum atomic E-state index is -0.975. The van der Waals surface area contributed by atoms with Crippen molar-refractivity contribution in [2.75, 3.05) is 32.8 Å². The van der Waals surface area contributed by atoms with E-state index >= 15 is 0 Å². The van der Waals surface area contributed by atoms with E-state index in [2.05, 4.69) is 50.1 Å². The van der Waals surface area contributed by atoms with Crippen LogP contribution in [0, 0.1) is 0 Å². The van der Waals surface area contributed by atoms with Gasteiger partial charge in [0.05, 0.1) is 13.2 Å². The van der Waals surface area contributed by atoms with Crippen LogP contribution in [0.5, 0.6) is 0 Å². The monoisotopic (exact) mass is 448 g/mol. The maximum Gasteiger partial charge on any atom is 0.253 e. The third kappa shape index (κ3) is 9.78. The molecule has 0 saturated heterocycles. The van der Waals surface area contributed by atoms with Gasteiger partial charge in [0.1, 0.15) is 6.04 Å². The quantitative estimate of drug-likeness (QED) is 0.0944. The normalized spacial score (nSPS) is 14.1. The number of hydrogen-bond acceptors (Lipinski definition) is 9. The van der Waals surface area contributed by atoms with Crippen molar-refractivity contribution >= 4 is 55.4 Å². The Morgan fingerprint density at radius 1 is 0.931 bits per heavy atom. The number of nitrogens with zero attached hydrogens (tertiary/aromatic N) is 1. The fraction of sp³-hybridized carbons (Fsp3) is 0.562. The smallest absolute Gasteiger partial charge is 0.253 e. The highest BCUT2D eigenvalue weighted by atomic mass is 32.1. The molecule has 1 heterocycles. The fourth-order valence-corrected chi connectivity index (χ4v) is 2.53. The predicted molar refractivity (Wildman–Crippen MR) is 108 cm³/mol. The summed E-state index contributed by atoms with van der Waals surface area (Å²) in [5.41, 5.74) is 0. The standard InChI is InChI=1S/C16H24N4O7S2/c21-12(17-6-9-26-28)2-1-11(16(25)18-7-10-27-29)19-13(22)5-8-20-14(23)3-4-15(20)24/h3-4,11,28-29H,1-2,5-10H2,(H,17,21)(H,18,25)(H,19,22)/t11-/m0/s1. The van der Waals surface area contributed by atoms with E-state index in [1.165, 1.54) is 0 Å². The summed E-state index contributed by atoms with van der Waals surface area (Å²) in [4.78, 5) is 60.2. The molecule has 0 unspecified atom stereocenters. The number of hydrogen-bond donors (Lipinski definition) is 5. The van der Waals surface area contributed by atoms with E-state index in [9.17, 15) is 24.0 Å². The predicted octanol–water partition coefficient (Wildman–Crippen LogP) is -1.48. The van der Waals surface area contributed by atoms with Crippen LogP contribution in [-0.4, -0.2) is 73.3 Å². The summed E-state index contributed by atoms with van der Waals surface area (Å²) in [5, 5.41) is 7.66. The van der Waals surface area contributed by atoms with E-state index in [-0.39, 0.29) is 58.0 Å². The molecule has 29 heavy (non-hydrogen) atoms. The van der Waals surface area contributed by atoms with E-state index in [1.807, 2.05) is 0 Å². The number of imide groups is 1. The third-order valence-electron chi connectivity index (χ3n) is 3.78. The molecule has 0 radical (unpaired) electrons. The summed E-state index contributed by atoms with van der Waals surface area (Å²) >= 11 is 7.13. The summed E-state index contributed by atoms with van der Waals surface area (Å²) in [6.45, 7) is 0.704. The Morgan fingerprint density at radius 2 is 1.52 bits per heavy atom. The van der Waals surface area contributed by atoms with Gasteiger partial charge in [-0.05, 0) is 32.2 Å². The average Bonchev–Trinajstić information content (AvgIpc) is 3.01. The maximum absolute atomic E-state index is 12.3. The Kier molecular flexibility index (Phi) is 12.0. The number of carbonyl (C=O) groups is 5. The zero-order chi connectivity index (χ0) is 21.6. The maximum atomic E-state index is 12.3. The van der Waals surface area contributed by atoms with Crippen LogP contribution in [-0.2, 0) is 32.3 Å². The number of carbonyl (C=O) groups excluding carboxylic acids is 5. The largest absolute Gasteiger partial charge is 0.354 e. The van der Waals surface area contributed by atoms with Gasteiger partial charge in [-0.1, -0.05) is 0 Å². The molecule has 5 amide bonds. The molecule has 1 atom stereocenters. The molecule has 3 N–H and O–H groups in total. The van der Waals surface area contributed by atoms with Crippen molar-refractivity contribution < 1.29 is 32.3 Å². The van der Waals surface area contributed by atoms with Crippen molar-refractivity contribution in [3.63, 3.8) is 0 Å². The lowest BCUT2D eigenvalue weighted by atomic mass is 10.1. The molecule has 1 aliphatic rings. The first-order valence-electron chi connectivity index (χ1n) is 8.79. The molecule has 0 fully saturated rings. The molecule has 0 bridgehead atoms. The lowest BCUT2D eigenvalue weighted by molar-refractivity contribution is -0.137. The Balaban J connectivity index is 2.53. The van der Waals surface area contributed by atoms with Crippen molar-refractivity contribution in [2.24, 2.45) is 0 Å². The van der Waals surface area contributed by atoms with E-state index in [0.29, 0.717) is 0 Å². The second-order valence-corrected chi connectivity index (χ2v) is 6.39. The SMILES string of the molecule is O=C(CC[C@H](NC(=O)CCN1C(=O)C=CC1=O)C(=O)NCCOS)NCCOS. The Hall–Kier alpha value is -2.09. The van der Waals surface area contributed by atoms with Gasteiger partial charge in [-0.2, -0.15) is 0 Å². The second kappa shape index (κ2) is 14.0. The first kappa shape index (κ1) is 24.9. The average molecular weight is 449 g/mol. The minimum Gasteiger partial charge on any atom is -0.354 e. The molecule has 13 heteroatoms. The molecule has 0 aromatic rings. The highest BCUT2D eigenvalue weighted by Crippen LogP contribution is 2.05. The molecule has 0 aliphatic carbocycles. The van der Waals surface area contributed by atoms with Crippen LogP contribution in [0.3, 0.4) is 0 Å². The van der Waals surface area contributed by atoms with Gasteiger partial charge in [0, 0.05) is 44.6 Å². The highest BCUT2D eigenvalue weighted by Gasteiger charge is 2.25. The summed E-state index contributed by atoms with van der Waals surface area (Å²) in [6, 6.07) is -0.975. The zero-order valence-electron chi connectivity index (χ0n) is 15.6. The van der Waals surface area contributed by atoms with Crippen molar-refractivity contribution in [2.45, 2.75) is 25.3 Å². The molecule has 0 spiro atoms. The first-order chi connectivity index (χ1) is 13.9. The minimum absolute atomic E-state index is 0.0129. The van der Waals surface area contributed by atoms with Crippen molar-refractivity contribution in [1.82, 2.24) is 20.9 Å². The Labute approximate surface area is 179 Å². The van der Waals surface area contributed by atoms with Gasteiger partial charge in [-0.15, -0.1) is 0 Å². The molecule has 11 nitrogen and oxygen atoms in total. The molecule has 0 saturated carbocycles. The molecular formula is C16H24N4O7S2. The summed E-state index contributed by atoms with van der Waals surface area (Å²) < 4.78 is 9.09. The molecular weight excluding hydrogens is 424 g/mol. The highest BCUT2D eigenvalue weighted by molar-refractivity contribution is 7.75. The van der Waals surface area contributed by atoms with E-state index in [4.69, 9.17) is 0 Å². The van der Waals surface area contributed by atoms with Crippen molar-refractivity contribution in [3.05, 3.63) is 12.2 Å². The Morgan fingerprint density at radius 3 is 2.10 bits per heavy atom. The zero-order valence-corrected chi connectivity index (χ0v) is 17.4. The lowest BCUT2D eigenvalue weighted by Gasteiger charge is -2.19. The van der Waals surface area contributed by atoms with Crippen LogP contribution >= 0.6 is 25.8 Å².